The topological polar surface area (TPSA) is 46.2 Å². The van der Waals surface area contributed by atoms with Crippen molar-refractivity contribution in [3.05, 3.63) is 23.9 Å². The average Bonchev–Trinajstić information content (AvgIpc) is 1.88. The van der Waals surface area contributed by atoms with Crippen molar-refractivity contribution in [3.63, 3.8) is 0 Å². The quantitative estimate of drug-likeness (QED) is 0.564. The number of hydrogen-bond donors (Lipinski definition) is 2. The predicted octanol–water partition coefficient (Wildman–Crippen LogP) is 0.786. The minimum Gasteiger partial charge on any atom is -0.402 e. The van der Waals surface area contributed by atoms with E-state index in [1.54, 1.807) is 6.92 Å². The van der Waals surface area contributed by atoms with Gasteiger partial charge in [0.15, 0.2) is 0 Å². The van der Waals surface area contributed by atoms with E-state index in [0.29, 0.717) is 0 Å². The van der Waals surface area contributed by atoms with E-state index in [2.05, 4.69) is 0 Å². The van der Waals surface area contributed by atoms with Crippen LogP contribution in [0.3, 0.4) is 0 Å². The highest BCUT2D eigenvalue weighted by molar-refractivity contribution is 5.17. The number of aliphatic hydroxyl groups excluding tert-OH is 1. The van der Waals surface area contributed by atoms with Crippen molar-refractivity contribution in [1.82, 2.24) is 0 Å². The molecule has 3 N–H and O–H groups in total. The van der Waals surface area contributed by atoms with E-state index < -0.39 is 0 Å². The number of aliphatic hydroxyl groups is 1. The van der Waals surface area contributed by atoms with Crippen LogP contribution in [0.2, 0.25) is 0 Å². The summed E-state index contributed by atoms with van der Waals surface area (Å²) in [5.74, 6) is 0.213. The number of nitrogens with two attached hydrogens (primary N) is 1. The van der Waals surface area contributed by atoms with Gasteiger partial charge in [0.25, 0.3) is 0 Å². The van der Waals surface area contributed by atoms with Gasteiger partial charge < -0.3 is 10.8 Å². The summed E-state index contributed by atoms with van der Waals surface area (Å²) in [5, 5.41) is 9.16. The zero-order valence-corrected chi connectivity index (χ0v) is 6.12. The second kappa shape index (κ2) is 2.88. The Hall–Kier alpha value is -0.760. The molecular weight excluding hydrogens is 126 g/mol. The van der Waals surface area contributed by atoms with Gasteiger partial charge in [-0.15, -0.1) is 0 Å². The Morgan fingerprint density at radius 1 is 1.80 bits per heavy atom. The Balaban J connectivity index is 2.55. The Morgan fingerprint density at radius 2 is 2.50 bits per heavy atom. The molecule has 2 atom stereocenters. The molecule has 0 spiro atoms. The van der Waals surface area contributed by atoms with Crippen molar-refractivity contribution in [1.29, 1.82) is 0 Å². The van der Waals surface area contributed by atoms with Crippen LogP contribution in [0.25, 0.3) is 0 Å². The van der Waals surface area contributed by atoms with Gasteiger partial charge in [-0.05, 0) is 19.4 Å². The van der Waals surface area contributed by atoms with Crippen molar-refractivity contribution in [2.24, 2.45) is 11.7 Å². The molecule has 0 aromatic carbocycles. The van der Waals surface area contributed by atoms with Gasteiger partial charge in [0, 0.05) is 11.6 Å². The first-order valence-electron chi connectivity index (χ1n) is 3.51. The minimum absolute atomic E-state index is 0.213. The van der Waals surface area contributed by atoms with Crippen LogP contribution in [0.1, 0.15) is 13.3 Å². The molecule has 1 rings (SSSR count). The van der Waals surface area contributed by atoms with E-state index in [1.165, 1.54) is 0 Å². The van der Waals surface area contributed by atoms with Crippen molar-refractivity contribution in [2.75, 3.05) is 0 Å². The van der Waals surface area contributed by atoms with Crippen LogP contribution < -0.4 is 5.73 Å². The molecular formula is C8H13NO. The third kappa shape index (κ3) is 1.61. The van der Waals surface area contributed by atoms with E-state index >= 15 is 0 Å². The zero-order chi connectivity index (χ0) is 7.56. The molecule has 0 aromatic rings. The Labute approximate surface area is 61.0 Å². The lowest BCUT2D eigenvalue weighted by molar-refractivity contribution is 0.148. The fourth-order valence-electron chi connectivity index (χ4n) is 1.06. The highest BCUT2D eigenvalue weighted by Gasteiger charge is 2.13. The molecule has 2 nitrogen and oxygen atoms in total. The maximum absolute atomic E-state index is 9.16. The molecule has 0 aromatic heterocycles. The molecule has 0 saturated carbocycles. The average molecular weight is 139 g/mol. The highest BCUT2D eigenvalue weighted by atomic mass is 16.3. The van der Waals surface area contributed by atoms with Gasteiger partial charge in [0.1, 0.15) is 0 Å². The fourth-order valence-corrected chi connectivity index (χ4v) is 1.06. The molecule has 2 heteroatoms. The van der Waals surface area contributed by atoms with Gasteiger partial charge >= 0.3 is 0 Å². The maximum Gasteiger partial charge on any atom is 0.0578 e. The van der Waals surface area contributed by atoms with Gasteiger partial charge in [0.05, 0.1) is 6.10 Å². The molecule has 0 bridgehead atoms. The summed E-state index contributed by atoms with van der Waals surface area (Å²) in [4.78, 5) is 0. The van der Waals surface area contributed by atoms with Crippen molar-refractivity contribution in [2.45, 2.75) is 19.4 Å². The molecule has 1 aliphatic rings. The van der Waals surface area contributed by atoms with E-state index in [1.807, 2.05) is 18.2 Å². The molecule has 2 unspecified atom stereocenters. The van der Waals surface area contributed by atoms with Crippen LogP contribution >= 0.6 is 0 Å². The second-order valence-corrected chi connectivity index (χ2v) is 2.74. The van der Waals surface area contributed by atoms with Crippen LogP contribution in [-0.4, -0.2) is 11.2 Å². The molecule has 1 aliphatic carbocycles. The number of allylic oxidation sites excluding steroid dienone is 3. The molecule has 0 aliphatic heterocycles. The largest absolute Gasteiger partial charge is 0.402 e. The first-order valence-corrected chi connectivity index (χ1v) is 3.51. The molecule has 0 amide bonds. The zero-order valence-electron chi connectivity index (χ0n) is 6.12. The lowest BCUT2D eigenvalue weighted by Gasteiger charge is -2.18. The Morgan fingerprint density at radius 3 is 2.90 bits per heavy atom. The maximum atomic E-state index is 9.16. The summed E-state index contributed by atoms with van der Waals surface area (Å²) in [6.45, 7) is 1.79. The van der Waals surface area contributed by atoms with Crippen LogP contribution in [0.4, 0.5) is 0 Å². The number of hydrogen-bond acceptors (Lipinski definition) is 2. The van der Waals surface area contributed by atoms with Gasteiger partial charge in [-0.1, -0.05) is 12.2 Å². The predicted molar refractivity (Wildman–Crippen MR) is 41.2 cm³/mol. The summed E-state index contributed by atoms with van der Waals surface area (Å²) >= 11 is 0. The summed E-state index contributed by atoms with van der Waals surface area (Å²) in [6.07, 6.45) is 6.26. The molecule has 0 saturated heterocycles. The van der Waals surface area contributed by atoms with Gasteiger partial charge in [-0.2, -0.15) is 0 Å². The van der Waals surface area contributed by atoms with Crippen molar-refractivity contribution >= 4 is 0 Å². The highest BCUT2D eigenvalue weighted by Crippen LogP contribution is 2.18. The lowest BCUT2D eigenvalue weighted by atomic mass is 9.94. The van der Waals surface area contributed by atoms with E-state index in [0.717, 1.165) is 12.1 Å². The fraction of sp³-hybridized carbons (Fsp3) is 0.500. The first-order chi connectivity index (χ1) is 4.70. The van der Waals surface area contributed by atoms with Crippen LogP contribution in [0.5, 0.6) is 0 Å². The number of rotatable bonds is 1. The first kappa shape index (κ1) is 7.35. The van der Waals surface area contributed by atoms with E-state index in [9.17, 15) is 0 Å². The Bertz CT molecular complexity index is 170. The van der Waals surface area contributed by atoms with E-state index in [-0.39, 0.29) is 12.0 Å². The summed E-state index contributed by atoms with van der Waals surface area (Å²) in [6, 6.07) is 0. The van der Waals surface area contributed by atoms with Gasteiger partial charge in [0.2, 0.25) is 0 Å². The van der Waals surface area contributed by atoms with Gasteiger partial charge in [-0.3, -0.25) is 0 Å². The second-order valence-electron chi connectivity index (χ2n) is 2.74. The van der Waals surface area contributed by atoms with Gasteiger partial charge in [-0.25, -0.2) is 0 Å². The van der Waals surface area contributed by atoms with Crippen LogP contribution in [-0.2, 0) is 0 Å². The molecule has 10 heavy (non-hydrogen) atoms. The standard InChI is InChI=1S/C8H13NO/c1-6(10)7-3-2-4-8(9)5-7/h2-4,6-7,10H,5,9H2,1H3. The van der Waals surface area contributed by atoms with Crippen LogP contribution in [0, 0.1) is 5.92 Å². The van der Waals surface area contributed by atoms with E-state index in [4.69, 9.17) is 10.8 Å². The smallest absolute Gasteiger partial charge is 0.0578 e. The summed E-state index contributed by atoms with van der Waals surface area (Å²) in [5.41, 5.74) is 6.42. The Kier molecular flexibility index (Phi) is 2.12. The lowest BCUT2D eigenvalue weighted by Crippen LogP contribution is -2.18. The monoisotopic (exact) mass is 139 g/mol. The molecule has 0 radical (unpaired) electrons. The summed E-state index contributed by atoms with van der Waals surface area (Å²) in [7, 11) is 0. The molecule has 0 heterocycles. The third-order valence-corrected chi connectivity index (χ3v) is 1.76. The third-order valence-electron chi connectivity index (χ3n) is 1.76. The van der Waals surface area contributed by atoms with Crippen molar-refractivity contribution < 1.29 is 5.11 Å². The molecule has 0 fully saturated rings. The SMILES string of the molecule is CC(O)C1C=CC=C(N)C1. The van der Waals surface area contributed by atoms with Crippen LogP contribution in [0.15, 0.2) is 23.9 Å². The summed E-state index contributed by atoms with van der Waals surface area (Å²) < 4.78 is 0. The minimum atomic E-state index is -0.288. The normalized spacial score (nSPS) is 27.8. The molecule has 56 valence electrons. The van der Waals surface area contributed by atoms with Crippen molar-refractivity contribution in [3.8, 4) is 0 Å².